The molecule has 2 fully saturated rings. The van der Waals surface area contributed by atoms with Crippen LogP contribution in [0.15, 0.2) is 18.2 Å². The van der Waals surface area contributed by atoms with Gasteiger partial charge in [-0.15, -0.1) is 0 Å². The quantitative estimate of drug-likeness (QED) is 0.310. The van der Waals surface area contributed by atoms with E-state index in [1.54, 1.807) is 0 Å². The summed E-state index contributed by atoms with van der Waals surface area (Å²) in [5.41, 5.74) is 2.34. The first-order chi connectivity index (χ1) is 18.0. The monoisotopic (exact) mass is 553 g/mol. The van der Waals surface area contributed by atoms with Gasteiger partial charge in [0.15, 0.2) is 10.9 Å². The van der Waals surface area contributed by atoms with E-state index in [0.29, 0.717) is 13.0 Å². The Labute approximate surface area is 216 Å². The van der Waals surface area contributed by atoms with E-state index in [0.717, 1.165) is 48.9 Å². The summed E-state index contributed by atoms with van der Waals surface area (Å²) >= 11 is 0.753. The molecule has 2 aliphatic rings. The third-order valence-corrected chi connectivity index (χ3v) is 8.31. The molecule has 2 unspecified atom stereocenters. The molecule has 0 bridgehead atoms. The number of hydrogen-bond donors (Lipinski definition) is 1. The molecule has 0 radical (unpaired) electrons. The summed E-state index contributed by atoms with van der Waals surface area (Å²) in [5.74, 6) is -2.00. The Bertz CT molecular complexity index is 1590. The number of fused-ring (bicyclic) bond motifs is 3. The average Bonchev–Trinajstić information content (AvgIpc) is 3.50. The molecule has 2 saturated heterocycles. The number of nitrogens with zero attached hydrogens (tertiary/aromatic N) is 4. The van der Waals surface area contributed by atoms with Gasteiger partial charge in [0.2, 0.25) is 0 Å². The minimum atomic E-state index is -4.95. The predicted molar refractivity (Wildman–Crippen MR) is 131 cm³/mol. The van der Waals surface area contributed by atoms with Crippen LogP contribution in [-0.2, 0) is 6.18 Å². The van der Waals surface area contributed by atoms with Crippen LogP contribution in [0, 0.1) is 18.6 Å². The average molecular weight is 554 g/mol. The molecule has 0 aliphatic carbocycles. The molecular weight excluding hydrogens is 532 g/mol. The Morgan fingerprint density at radius 3 is 2.74 bits per heavy atom. The number of nitrogen functional groups attached to an aromatic ring is 1. The second-order valence-corrected chi connectivity index (χ2v) is 10.8. The highest BCUT2D eigenvalue weighted by molar-refractivity contribution is 7.22. The minimum absolute atomic E-state index is 0.0716. The summed E-state index contributed by atoms with van der Waals surface area (Å²) < 4.78 is 92.9. The van der Waals surface area contributed by atoms with E-state index in [1.165, 1.54) is 6.92 Å². The van der Waals surface area contributed by atoms with Crippen molar-refractivity contribution in [2.45, 2.75) is 44.1 Å². The summed E-state index contributed by atoms with van der Waals surface area (Å²) in [5, 5.41) is -0.217. The molecule has 6 rings (SSSR count). The van der Waals surface area contributed by atoms with Gasteiger partial charge in [0.05, 0.1) is 27.0 Å². The number of hydrogen-bond acceptors (Lipinski definition) is 7. The smallest absolute Gasteiger partial charge is 0.417 e. The molecule has 0 saturated carbocycles. The lowest BCUT2D eigenvalue weighted by Crippen LogP contribution is -2.43. The Morgan fingerprint density at radius 1 is 1.18 bits per heavy atom. The zero-order chi connectivity index (χ0) is 27.0. The van der Waals surface area contributed by atoms with Crippen molar-refractivity contribution < 1.29 is 31.1 Å². The number of rotatable bonds is 4. The molecule has 200 valence electrons. The maximum atomic E-state index is 16.1. The van der Waals surface area contributed by atoms with Crippen molar-refractivity contribution in [1.29, 1.82) is 0 Å². The van der Waals surface area contributed by atoms with Crippen LogP contribution in [-0.4, -0.2) is 51.3 Å². The molecule has 0 spiro atoms. The summed E-state index contributed by atoms with van der Waals surface area (Å²) in [7, 11) is 0. The van der Waals surface area contributed by atoms with E-state index >= 15 is 4.39 Å². The topological polar surface area (TPSA) is 77.2 Å². The third-order valence-electron chi connectivity index (χ3n) is 7.42. The third kappa shape index (κ3) is 3.94. The largest absolute Gasteiger partial charge is 0.461 e. The molecule has 2 atom stereocenters. The van der Waals surface area contributed by atoms with E-state index in [-0.39, 0.29) is 50.1 Å². The molecule has 38 heavy (non-hydrogen) atoms. The van der Waals surface area contributed by atoms with Gasteiger partial charge < -0.3 is 10.5 Å². The zero-order valence-corrected chi connectivity index (χ0v) is 20.8. The molecule has 0 amide bonds. The van der Waals surface area contributed by atoms with Crippen molar-refractivity contribution in [2.75, 3.05) is 25.4 Å². The first-order valence-corrected chi connectivity index (χ1v) is 12.7. The number of thiazole rings is 1. The number of halogens is 6. The highest BCUT2D eigenvalue weighted by Crippen LogP contribution is 2.45. The standard InChI is InChI=1S/C25H21F6N5OS/c1-11-14-7-15(25(29,30)31)17(13-3-4-16(27)21-20(13)34-22(32)38-21)18(28)19(14)35-23(33-11)37-10-24-5-2-6-36(24)9-12(26)8-24/h3-4,7,12H,2,5-6,8-10H2,1H3,(H2,32,34). The van der Waals surface area contributed by atoms with Gasteiger partial charge in [-0.1, -0.05) is 11.3 Å². The maximum Gasteiger partial charge on any atom is 0.417 e. The van der Waals surface area contributed by atoms with Gasteiger partial charge in [0, 0.05) is 29.5 Å². The van der Waals surface area contributed by atoms with Crippen molar-refractivity contribution in [3.05, 3.63) is 41.1 Å². The van der Waals surface area contributed by atoms with Crippen molar-refractivity contribution >= 4 is 37.6 Å². The normalized spacial score (nSPS) is 22.0. The van der Waals surface area contributed by atoms with Crippen molar-refractivity contribution in [3.63, 3.8) is 0 Å². The first kappa shape index (κ1) is 25.1. The SMILES string of the molecule is Cc1nc(OCC23CCCN2CC(F)C3)nc2c(F)c(-c3ccc(F)c4sc(N)nc34)c(C(F)(F)F)cc12. The van der Waals surface area contributed by atoms with Crippen molar-refractivity contribution in [1.82, 2.24) is 19.9 Å². The zero-order valence-electron chi connectivity index (χ0n) is 20.0. The number of benzene rings is 2. The molecule has 4 aromatic rings. The summed E-state index contributed by atoms with van der Waals surface area (Å²) in [6.07, 6.45) is -4.02. The van der Waals surface area contributed by atoms with Crippen LogP contribution < -0.4 is 10.5 Å². The number of nitrogens with two attached hydrogens (primary N) is 1. The molecule has 2 N–H and O–H groups in total. The second-order valence-electron chi connectivity index (χ2n) is 9.79. The fraction of sp³-hybridized carbons (Fsp3) is 0.400. The Morgan fingerprint density at radius 2 is 1.97 bits per heavy atom. The fourth-order valence-corrected chi connectivity index (χ4v) is 6.51. The van der Waals surface area contributed by atoms with E-state index < -0.39 is 40.6 Å². The predicted octanol–water partition coefficient (Wildman–Crippen LogP) is 6.05. The lowest BCUT2D eigenvalue weighted by atomic mass is 9.94. The van der Waals surface area contributed by atoms with Crippen LogP contribution >= 0.6 is 11.3 Å². The molecule has 13 heteroatoms. The fourth-order valence-electron chi connectivity index (χ4n) is 5.74. The van der Waals surface area contributed by atoms with Gasteiger partial charge in [0.25, 0.3) is 0 Å². The number of alkyl halides is 4. The Hall–Kier alpha value is -3.19. The maximum absolute atomic E-state index is 16.1. The summed E-state index contributed by atoms with van der Waals surface area (Å²) in [6.45, 7) is 2.56. The first-order valence-electron chi connectivity index (χ1n) is 11.9. The van der Waals surface area contributed by atoms with Gasteiger partial charge in [-0.05, 0) is 44.5 Å². The van der Waals surface area contributed by atoms with E-state index in [2.05, 4.69) is 15.0 Å². The minimum Gasteiger partial charge on any atom is -0.461 e. The van der Waals surface area contributed by atoms with Crippen molar-refractivity contribution in [2.24, 2.45) is 0 Å². The molecule has 2 aromatic heterocycles. The van der Waals surface area contributed by atoms with Crippen LogP contribution in [0.5, 0.6) is 6.01 Å². The van der Waals surface area contributed by atoms with Crippen LogP contribution in [0.2, 0.25) is 0 Å². The molecule has 4 heterocycles. The van der Waals surface area contributed by atoms with Gasteiger partial charge in [-0.25, -0.2) is 18.2 Å². The summed E-state index contributed by atoms with van der Waals surface area (Å²) in [6, 6.07) is 2.55. The van der Waals surface area contributed by atoms with E-state index in [9.17, 15) is 22.0 Å². The lowest BCUT2D eigenvalue weighted by molar-refractivity contribution is -0.137. The Kier molecular flexibility index (Phi) is 5.73. The molecule has 2 aromatic carbocycles. The molecule has 2 aliphatic heterocycles. The Balaban J connectivity index is 1.50. The second kappa shape index (κ2) is 8.67. The van der Waals surface area contributed by atoms with E-state index in [1.807, 2.05) is 4.90 Å². The van der Waals surface area contributed by atoms with Gasteiger partial charge in [-0.2, -0.15) is 23.1 Å². The van der Waals surface area contributed by atoms with Crippen LogP contribution in [0.4, 0.5) is 31.5 Å². The van der Waals surface area contributed by atoms with Crippen LogP contribution in [0.3, 0.4) is 0 Å². The van der Waals surface area contributed by atoms with E-state index in [4.69, 9.17) is 10.5 Å². The molecule has 6 nitrogen and oxygen atoms in total. The van der Waals surface area contributed by atoms with Crippen LogP contribution in [0.1, 0.15) is 30.5 Å². The number of anilines is 1. The highest BCUT2D eigenvalue weighted by atomic mass is 32.1. The number of aryl methyl sites for hydroxylation is 1. The van der Waals surface area contributed by atoms with Gasteiger partial charge in [-0.3, -0.25) is 4.90 Å². The van der Waals surface area contributed by atoms with Gasteiger partial charge >= 0.3 is 12.2 Å². The van der Waals surface area contributed by atoms with Gasteiger partial charge in [0.1, 0.15) is 24.1 Å². The number of ether oxygens (including phenoxy) is 1. The van der Waals surface area contributed by atoms with Crippen molar-refractivity contribution in [3.8, 4) is 17.1 Å². The van der Waals surface area contributed by atoms with Crippen LogP contribution in [0.25, 0.3) is 32.2 Å². The number of aromatic nitrogens is 3. The lowest BCUT2D eigenvalue weighted by Gasteiger charge is -2.30. The summed E-state index contributed by atoms with van der Waals surface area (Å²) in [4.78, 5) is 14.3. The highest BCUT2D eigenvalue weighted by Gasteiger charge is 2.49. The molecular formula is C25H21F6N5OS.